The number of amides is 1. The van der Waals surface area contributed by atoms with Crippen LogP contribution >= 0.6 is 0 Å². The molecule has 1 aromatic rings. The van der Waals surface area contributed by atoms with Crippen molar-refractivity contribution in [3.63, 3.8) is 0 Å². The molecule has 0 heterocycles. The smallest absolute Gasteiger partial charge is 0.227 e. The van der Waals surface area contributed by atoms with Gasteiger partial charge in [0.25, 0.3) is 0 Å². The highest BCUT2D eigenvalue weighted by atomic mass is 19.1. The first-order valence-corrected chi connectivity index (χ1v) is 6.25. The Balaban J connectivity index is 3.12. The third kappa shape index (κ3) is 4.06. The summed E-state index contributed by atoms with van der Waals surface area (Å²) in [6.07, 6.45) is 0. The molecule has 0 bridgehead atoms. The molecule has 0 radical (unpaired) electrons. The second kappa shape index (κ2) is 7.42. The minimum atomic E-state index is -0.636. The topological polar surface area (TPSA) is 112 Å². The molecule has 0 atom stereocenters. The number of hydrogen-bond acceptors (Lipinski definition) is 5. The van der Waals surface area contributed by atoms with Crippen molar-refractivity contribution in [1.29, 1.82) is 15.8 Å². The lowest BCUT2D eigenvalue weighted by molar-refractivity contribution is -0.118. The van der Waals surface area contributed by atoms with Gasteiger partial charge in [-0.25, -0.2) is 4.39 Å². The molecule has 22 heavy (non-hydrogen) atoms. The lowest BCUT2D eigenvalue weighted by Crippen LogP contribution is -2.18. The van der Waals surface area contributed by atoms with Crippen molar-refractivity contribution in [3.8, 4) is 18.2 Å². The molecule has 0 unspecified atom stereocenters. The van der Waals surface area contributed by atoms with Crippen molar-refractivity contribution < 1.29 is 9.18 Å². The summed E-state index contributed by atoms with van der Waals surface area (Å²) in [4.78, 5) is 11.6. The standard InChI is InChI=1S/C15H12FN5O/c1-9(2)15(22)21-13-5-11(3-4-12(13)16)20-14(8-19)10(6-17)7-18/h3-5,9,20H,1-2H3,(H,21,22). The van der Waals surface area contributed by atoms with E-state index in [9.17, 15) is 9.18 Å². The fraction of sp³-hybridized carbons (Fsp3) is 0.200. The highest BCUT2D eigenvalue weighted by molar-refractivity contribution is 5.92. The second-order valence-electron chi connectivity index (χ2n) is 4.55. The summed E-state index contributed by atoms with van der Waals surface area (Å²) in [5.41, 5.74) is -0.436. The molecule has 7 heteroatoms. The van der Waals surface area contributed by atoms with Gasteiger partial charge in [-0.3, -0.25) is 4.79 Å². The molecule has 0 aromatic heterocycles. The van der Waals surface area contributed by atoms with E-state index in [-0.39, 0.29) is 34.5 Å². The number of allylic oxidation sites excluding steroid dienone is 2. The molecule has 1 amide bonds. The van der Waals surface area contributed by atoms with Gasteiger partial charge in [0, 0.05) is 11.6 Å². The fourth-order valence-corrected chi connectivity index (χ4v) is 1.40. The summed E-state index contributed by atoms with van der Waals surface area (Å²) < 4.78 is 13.7. The number of benzene rings is 1. The zero-order valence-corrected chi connectivity index (χ0v) is 11.9. The summed E-state index contributed by atoms with van der Waals surface area (Å²) in [7, 11) is 0. The van der Waals surface area contributed by atoms with Crippen LogP contribution < -0.4 is 10.6 Å². The normalized spacial score (nSPS) is 9.14. The van der Waals surface area contributed by atoms with Gasteiger partial charge < -0.3 is 10.6 Å². The van der Waals surface area contributed by atoms with Crippen LogP contribution in [-0.4, -0.2) is 5.91 Å². The first-order valence-electron chi connectivity index (χ1n) is 6.25. The Morgan fingerprint density at radius 2 is 1.77 bits per heavy atom. The Hall–Kier alpha value is -3.37. The van der Waals surface area contributed by atoms with Crippen LogP contribution in [0.3, 0.4) is 0 Å². The second-order valence-corrected chi connectivity index (χ2v) is 4.55. The van der Waals surface area contributed by atoms with Gasteiger partial charge in [-0.05, 0) is 18.2 Å². The summed E-state index contributed by atoms with van der Waals surface area (Å²) in [5, 5.41) is 31.4. The van der Waals surface area contributed by atoms with Crippen LogP contribution in [0.4, 0.5) is 15.8 Å². The Morgan fingerprint density at radius 3 is 2.27 bits per heavy atom. The Morgan fingerprint density at radius 1 is 1.14 bits per heavy atom. The van der Waals surface area contributed by atoms with Crippen LogP contribution in [0.25, 0.3) is 0 Å². The van der Waals surface area contributed by atoms with Gasteiger partial charge in [-0.15, -0.1) is 0 Å². The van der Waals surface area contributed by atoms with Crippen LogP contribution in [0.2, 0.25) is 0 Å². The van der Waals surface area contributed by atoms with E-state index in [0.717, 1.165) is 6.07 Å². The van der Waals surface area contributed by atoms with Crippen LogP contribution in [-0.2, 0) is 4.79 Å². The quantitative estimate of drug-likeness (QED) is 0.829. The highest BCUT2D eigenvalue weighted by Crippen LogP contribution is 2.22. The van der Waals surface area contributed by atoms with Gasteiger partial charge in [0.15, 0.2) is 5.57 Å². The van der Waals surface area contributed by atoms with Gasteiger partial charge in [-0.2, -0.15) is 15.8 Å². The molecule has 0 saturated carbocycles. The average molecular weight is 297 g/mol. The molecule has 0 fully saturated rings. The number of nitrogens with one attached hydrogen (secondary N) is 2. The summed E-state index contributed by atoms with van der Waals surface area (Å²) in [6, 6.07) is 8.56. The fourth-order valence-electron chi connectivity index (χ4n) is 1.40. The van der Waals surface area contributed by atoms with Crippen molar-refractivity contribution in [2.75, 3.05) is 10.6 Å². The van der Waals surface area contributed by atoms with Crippen LogP contribution in [0.1, 0.15) is 13.8 Å². The Kier molecular flexibility index (Phi) is 5.63. The number of nitrogens with zero attached hydrogens (tertiary/aromatic N) is 3. The first kappa shape index (κ1) is 16.7. The van der Waals surface area contributed by atoms with E-state index in [2.05, 4.69) is 10.6 Å². The average Bonchev–Trinajstić information content (AvgIpc) is 2.50. The molecule has 1 rings (SSSR count). The number of carbonyl (C=O) groups is 1. The van der Waals surface area contributed by atoms with E-state index in [0.29, 0.717) is 0 Å². The zero-order chi connectivity index (χ0) is 16.7. The van der Waals surface area contributed by atoms with Gasteiger partial charge >= 0.3 is 0 Å². The predicted molar refractivity (Wildman–Crippen MR) is 77.4 cm³/mol. The SMILES string of the molecule is CC(C)C(=O)Nc1cc(NC(C#N)=C(C#N)C#N)ccc1F. The molecule has 0 aliphatic rings. The van der Waals surface area contributed by atoms with E-state index >= 15 is 0 Å². The lowest BCUT2D eigenvalue weighted by atomic mass is 10.2. The lowest BCUT2D eigenvalue weighted by Gasteiger charge is -2.11. The summed E-state index contributed by atoms with van der Waals surface area (Å²) in [5.74, 6) is -1.32. The number of hydrogen-bond donors (Lipinski definition) is 2. The van der Waals surface area contributed by atoms with Gasteiger partial charge in [0.1, 0.15) is 29.7 Å². The molecule has 0 aliphatic heterocycles. The Labute approximate surface area is 127 Å². The number of rotatable bonds is 4. The van der Waals surface area contributed by atoms with Crippen LogP contribution in [0.15, 0.2) is 29.5 Å². The maximum Gasteiger partial charge on any atom is 0.227 e. The van der Waals surface area contributed by atoms with Crippen molar-refractivity contribution >= 4 is 17.3 Å². The van der Waals surface area contributed by atoms with E-state index in [1.54, 1.807) is 32.1 Å². The molecule has 1 aromatic carbocycles. The third-order valence-electron chi connectivity index (χ3n) is 2.60. The van der Waals surface area contributed by atoms with Gasteiger partial charge in [0.05, 0.1) is 5.69 Å². The molecular formula is C15H12FN5O. The highest BCUT2D eigenvalue weighted by Gasteiger charge is 2.12. The van der Waals surface area contributed by atoms with E-state index < -0.39 is 5.82 Å². The maximum absolute atomic E-state index is 13.7. The number of carbonyl (C=O) groups excluding carboxylic acids is 1. The molecule has 6 nitrogen and oxygen atoms in total. The number of nitriles is 3. The van der Waals surface area contributed by atoms with Crippen LogP contribution in [0.5, 0.6) is 0 Å². The van der Waals surface area contributed by atoms with Crippen molar-refractivity contribution in [1.82, 2.24) is 0 Å². The van der Waals surface area contributed by atoms with E-state index in [1.165, 1.54) is 12.1 Å². The largest absolute Gasteiger partial charge is 0.345 e. The van der Waals surface area contributed by atoms with Crippen molar-refractivity contribution in [3.05, 3.63) is 35.3 Å². The summed E-state index contributed by atoms with van der Waals surface area (Å²) >= 11 is 0. The van der Waals surface area contributed by atoms with Gasteiger partial charge in [-0.1, -0.05) is 13.8 Å². The maximum atomic E-state index is 13.7. The minimum absolute atomic E-state index is 0.0588. The number of halogens is 1. The van der Waals surface area contributed by atoms with Crippen molar-refractivity contribution in [2.24, 2.45) is 5.92 Å². The van der Waals surface area contributed by atoms with Gasteiger partial charge in [0.2, 0.25) is 5.91 Å². The monoisotopic (exact) mass is 297 g/mol. The predicted octanol–water partition coefficient (Wildman–Crippen LogP) is 2.66. The first-order chi connectivity index (χ1) is 10.4. The minimum Gasteiger partial charge on any atom is -0.345 e. The Bertz CT molecular complexity index is 731. The van der Waals surface area contributed by atoms with E-state index in [4.69, 9.17) is 15.8 Å². The van der Waals surface area contributed by atoms with Crippen molar-refractivity contribution in [2.45, 2.75) is 13.8 Å². The third-order valence-corrected chi connectivity index (χ3v) is 2.60. The summed E-state index contributed by atoms with van der Waals surface area (Å²) in [6.45, 7) is 3.33. The molecule has 2 N–H and O–H groups in total. The molecule has 0 saturated heterocycles. The van der Waals surface area contributed by atoms with Crippen LogP contribution in [0, 0.1) is 45.7 Å². The number of anilines is 2. The molecule has 0 spiro atoms. The zero-order valence-electron chi connectivity index (χ0n) is 11.9. The molecule has 110 valence electrons. The van der Waals surface area contributed by atoms with E-state index in [1.807, 2.05) is 0 Å². The molecule has 0 aliphatic carbocycles. The molecular weight excluding hydrogens is 285 g/mol.